The van der Waals surface area contributed by atoms with Crippen LogP contribution in [0.4, 0.5) is 0 Å². The van der Waals surface area contributed by atoms with E-state index in [4.69, 9.17) is 0 Å². The maximum absolute atomic E-state index is 12.0. The van der Waals surface area contributed by atoms with Gasteiger partial charge in [0.25, 0.3) is 0 Å². The van der Waals surface area contributed by atoms with Crippen LogP contribution in [0.3, 0.4) is 0 Å². The van der Waals surface area contributed by atoms with E-state index in [1.54, 1.807) is 0 Å². The molecule has 0 saturated carbocycles. The normalized spacial score (nSPS) is 12.4. The predicted molar refractivity (Wildman–Crippen MR) is 104 cm³/mol. The van der Waals surface area contributed by atoms with Crippen LogP contribution in [0, 0.1) is 11.8 Å². The number of unbranched alkanes of at least 4 members (excludes halogenated alkanes) is 8. The average Bonchev–Trinajstić information content (AvgIpc) is 2.44. The van der Waals surface area contributed by atoms with Gasteiger partial charge in [-0.2, -0.15) is 0 Å². The molecular weight excluding hydrogens is 304 g/mol. The summed E-state index contributed by atoms with van der Waals surface area (Å²) in [5, 5.41) is 0. The Hall–Kier alpha value is -0.0500. The SMILES string of the molecule is CC(C)CCCCCCCS(=O)(=O)CCCCCCCC(C)C. The first-order valence-electron chi connectivity index (χ1n) is 10.0. The van der Waals surface area contributed by atoms with E-state index in [9.17, 15) is 8.42 Å². The summed E-state index contributed by atoms with van der Waals surface area (Å²) in [7, 11) is -2.79. The van der Waals surface area contributed by atoms with E-state index in [2.05, 4.69) is 27.7 Å². The van der Waals surface area contributed by atoms with E-state index in [0.29, 0.717) is 11.5 Å². The molecule has 0 heterocycles. The molecule has 0 radical (unpaired) electrons. The molecule has 0 unspecified atom stereocenters. The van der Waals surface area contributed by atoms with Gasteiger partial charge >= 0.3 is 0 Å². The van der Waals surface area contributed by atoms with Crippen LogP contribution < -0.4 is 0 Å². The van der Waals surface area contributed by atoms with Gasteiger partial charge in [-0.15, -0.1) is 0 Å². The quantitative estimate of drug-likeness (QED) is 0.303. The molecule has 23 heavy (non-hydrogen) atoms. The fourth-order valence-electron chi connectivity index (χ4n) is 2.91. The molecule has 0 saturated heterocycles. The van der Waals surface area contributed by atoms with Crippen molar-refractivity contribution in [3.63, 3.8) is 0 Å². The molecule has 0 amide bonds. The van der Waals surface area contributed by atoms with Crippen LogP contribution in [0.15, 0.2) is 0 Å². The lowest BCUT2D eigenvalue weighted by Crippen LogP contribution is -2.11. The molecule has 0 fully saturated rings. The van der Waals surface area contributed by atoms with Gasteiger partial charge in [-0.1, -0.05) is 91.9 Å². The van der Waals surface area contributed by atoms with E-state index in [1.165, 1.54) is 51.4 Å². The van der Waals surface area contributed by atoms with Crippen molar-refractivity contribution in [3.05, 3.63) is 0 Å². The number of rotatable bonds is 16. The van der Waals surface area contributed by atoms with Gasteiger partial charge in [0, 0.05) is 0 Å². The molecule has 0 bridgehead atoms. The highest BCUT2D eigenvalue weighted by Crippen LogP contribution is 2.13. The molecule has 0 aliphatic rings. The van der Waals surface area contributed by atoms with E-state index >= 15 is 0 Å². The summed E-state index contributed by atoms with van der Waals surface area (Å²) in [5.41, 5.74) is 0. The fraction of sp³-hybridized carbons (Fsp3) is 1.00. The Bertz CT molecular complexity index is 317. The highest BCUT2D eigenvalue weighted by atomic mass is 32.2. The Labute approximate surface area is 146 Å². The van der Waals surface area contributed by atoms with Crippen molar-refractivity contribution in [2.75, 3.05) is 11.5 Å². The highest BCUT2D eigenvalue weighted by Gasteiger charge is 2.09. The number of hydrogen-bond acceptors (Lipinski definition) is 2. The van der Waals surface area contributed by atoms with Gasteiger partial charge < -0.3 is 0 Å². The van der Waals surface area contributed by atoms with E-state index in [1.807, 2.05) is 0 Å². The van der Waals surface area contributed by atoms with Crippen LogP contribution in [0.25, 0.3) is 0 Å². The van der Waals surface area contributed by atoms with Crippen LogP contribution in [0.2, 0.25) is 0 Å². The maximum Gasteiger partial charge on any atom is 0.150 e. The minimum absolute atomic E-state index is 0.407. The predicted octanol–water partition coefficient (Wildman–Crippen LogP) is 6.39. The Balaban J connectivity index is 3.44. The summed E-state index contributed by atoms with van der Waals surface area (Å²) in [6, 6.07) is 0. The molecule has 140 valence electrons. The van der Waals surface area contributed by atoms with Gasteiger partial charge in [-0.3, -0.25) is 0 Å². The molecule has 0 rings (SSSR count). The Kier molecular flexibility index (Phi) is 14.3. The third-order valence-corrected chi connectivity index (χ3v) is 6.29. The minimum Gasteiger partial charge on any atom is -0.229 e. The molecule has 3 heteroatoms. The Morgan fingerprint density at radius 2 is 0.826 bits per heavy atom. The Morgan fingerprint density at radius 1 is 0.522 bits per heavy atom. The van der Waals surface area contributed by atoms with Gasteiger partial charge in [-0.25, -0.2) is 8.42 Å². The van der Waals surface area contributed by atoms with Crippen molar-refractivity contribution >= 4 is 9.84 Å². The molecule has 0 aliphatic heterocycles. The zero-order chi connectivity index (χ0) is 17.6. The lowest BCUT2D eigenvalue weighted by atomic mass is 10.0. The van der Waals surface area contributed by atoms with E-state index in [0.717, 1.165) is 37.5 Å². The molecule has 0 atom stereocenters. The number of sulfone groups is 1. The van der Waals surface area contributed by atoms with Crippen LogP contribution in [0.1, 0.15) is 105 Å². The summed E-state index contributed by atoms with van der Waals surface area (Å²) in [4.78, 5) is 0. The molecule has 0 aromatic rings. The molecular formula is C20H42O2S. The summed E-state index contributed by atoms with van der Waals surface area (Å²) in [5.74, 6) is 2.40. The summed E-state index contributed by atoms with van der Waals surface area (Å²) in [6.45, 7) is 9.04. The van der Waals surface area contributed by atoms with Crippen molar-refractivity contribution in [2.24, 2.45) is 11.8 Å². The maximum atomic E-state index is 12.0. The van der Waals surface area contributed by atoms with Crippen molar-refractivity contribution < 1.29 is 8.42 Å². The van der Waals surface area contributed by atoms with Crippen molar-refractivity contribution in [1.82, 2.24) is 0 Å². The van der Waals surface area contributed by atoms with E-state index in [-0.39, 0.29) is 0 Å². The molecule has 0 N–H and O–H groups in total. The van der Waals surface area contributed by atoms with E-state index < -0.39 is 9.84 Å². The van der Waals surface area contributed by atoms with Crippen LogP contribution in [0.5, 0.6) is 0 Å². The standard InChI is InChI=1S/C20H42O2S/c1-19(2)15-11-7-5-9-13-17-23(21,22)18-14-10-6-8-12-16-20(3)4/h19-20H,5-18H2,1-4H3. The van der Waals surface area contributed by atoms with Gasteiger partial charge in [0.1, 0.15) is 9.84 Å². The third-order valence-electron chi connectivity index (χ3n) is 4.47. The highest BCUT2D eigenvalue weighted by molar-refractivity contribution is 7.91. The molecule has 0 spiro atoms. The van der Waals surface area contributed by atoms with Gasteiger partial charge in [0.15, 0.2) is 0 Å². The first-order chi connectivity index (χ1) is 10.8. The minimum atomic E-state index is -2.79. The summed E-state index contributed by atoms with van der Waals surface area (Å²) in [6.07, 6.45) is 14.0. The second-order valence-electron chi connectivity index (χ2n) is 8.05. The van der Waals surface area contributed by atoms with Gasteiger partial charge in [-0.05, 0) is 24.7 Å². The monoisotopic (exact) mass is 346 g/mol. The smallest absolute Gasteiger partial charge is 0.150 e. The molecule has 2 nitrogen and oxygen atoms in total. The van der Waals surface area contributed by atoms with Crippen LogP contribution in [-0.4, -0.2) is 19.9 Å². The Morgan fingerprint density at radius 3 is 1.17 bits per heavy atom. The zero-order valence-electron chi connectivity index (χ0n) is 16.3. The second-order valence-corrected chi connectivity index (χ2v) is 10.4. The van der Waals surface area contributed by atoms with Crippen molar-refractivity contribution in [2.45, 2.75) is 105 Å². The first-order valence-corrected chi connectivity index (χ1v) is 11.9. The van der Waals surface area contributed by atoms with Crippen LogP contribution >= 0.6 is 0 Å². The number of hydrogen-bond donors (Lipinski definition) is 0. The topological polar surface area (TPSA) is 34.1 Å². The second kappa shape index (κ2) is 14.3. The average molecular weight is 347 g/mol. The summed E-state index contributed by atoms with van der Waals surface area (Å²) >= 11 is 0. The van der Waals surface area contributed by atoms with Crippen molar-refractivity contribution in [1.29, 1.82) is 0 Å². The molecule has 0 aliphatic carbocycles. The summed E-state index contributed by atoms with van der Waals surface area (Å²) < 4.78 is 24.0. The lowest BCUT2D eigenvalue weighted by Gasteiger charge is -2.06. The van der Waals surface area contributed by atoms with Gasteiger partial charge in [0.2, 0.25) is 0 Å². The van der Waals surface area contributed by atoms with Crippen LogP contribution in [-0.2, 0) is 9.84 Å². The zero-order valence-corrected chi connectivity index (χ0v) is 17.1. The van der Waals surface area contributed by atoms with Gasteiger partial charge in [0.05, 0.1) is 11.5 Å². The molecule has 0 aromatic heterocycles. The molecule has 0 aromatic carbocycles. The van der Waals surface area contributed by atoms with Crippen molar-refractivity contribution in [3.8, 4) is 0 Å². The largest absolute Gasteiger partial charge is 0.229 e. The third kappa shape index (κ3) is 18.1. The fourth-order valence-corrected chi connectivity index (χ4v) is 4.40. The lowest BCUT2D eigenvalue weighted by molar-refractivity contribution is 0.515. The first kappa shape index (κ1) is 22.9.